The molecule has 0 bridgehead atoms. The molecule has 2 heterocycles. The van der Waals surface area contributed by atoms with Crippen LogP contribution in [0, 0.1) is 6.92 Å². The van der Waals surface area contributed by atoms with Crippen LogP contribution in [0.4, 0.5) is 5.82 Å². The van der Waals surface area contributed by atoms with Gasteiger partial charge in [0.25, 0.3) is 0 Å². The second kappa shape index (κ2) is 3.94. The molecular formula is C10H9BrN4. The molecule has 0 aromatic carbocycles. The fraction of sp³-hybridized carbons (Fsp3) is 0.100. The van der Waals surface area contributed by atoms with E-state index < -0.39 is 0 Å². The molecule has 0 fully saturated rings. The SMILES string of the molecule is Cc1cccc(-c2ncc(Br)c(N)n2)n1. The topological polar surface area (TPSA) is 64.7 Å². The van der Waals surface area contributed by atoms with Gasteiger partial charge in [-0.1, -0.05) is 6.07 Å². The Morgan fingerprint density at radius 3 is 2.73 bits per heavy atom. The van der Waals surface area contributed by atoms with Gasteiger partial charge in [-0.3, -0.25) is 0 Å². The van der Waals surface area contributed by atoms with Gasteiger partial charge in [-0.25, -0.2) is 15.0 Å². The van der Waals surface area contributed by atoms with Crippen LogP contribution in [0.15, 0.2) is 28.9 Å². The van der Waals surface area contributed by atoms with E-state index in [4.69, 9.17) is 5.73 Å². The van der Waals surface area contributed by atoms with Crippen molar-refractivity contribution in [1.82, 2.24) is 15.0 Å². The number of aryl methyl sites for hydroxylation is 1. The Labute approximate surface area is 95.7 Å². The molecule has 4 nitrogen and oxygen atoms in total. The summed E-state index contributed by atoms with van der Waals surface area (Å²) in [5.41, 5.74) is 7.33. The molecule has 0 saturated heterocycles. The zero-order chi connectivity index (χ0) is 10.8. The van der Waals surface area contributed by atoms with Gasteiger partial charge in [-0.15, -0.1) is 0 Å². The normalized spacial score (nSPS) is 10.3. The first-order valence-electron chi connectivity index (χ1n) is 4.39. The van der Waals surface area contributed by atoms with E-state index in [-0.39, 0.29) is 0 Å². The number of anilines is 1. The first-order valence-corrected chi connectivity index (χ1v) is 5.18. The fourth-order valence-corrected chi connectivity index (χ4v) is 1.36. The Morgan fingerprint density at radius 1 is 1.27 bits per heavy atom. The van der Waals surface area contributed by atoms with Gasteiger partial charge in [-0.2, -0.15) is 0 Å². The molecule has 5 heteroatoms. The number of pyridine rings is 1. The van der Waals surface area contributed by atoms with Gasteiger partial charge in [0.15, 0.2) is 5.82 Å². The minimum absolute atomic E-state index is 0.420. The second-order valence-corrected chi connectivity index (χ2v) is 3.95. The Balaban J connectivity index is 2.50. The first-order chi connectivity index (χ1) is 7.16. The van der Waals surface area contributed by atoms with Gasteiger partial charge in [0.05, 0.1) is 4.47 Å². The van der Waals surface area contributed by atoms with Gasteiger partial charge < -0.3 is 5.73 Å². The van der Waals surface area contributed by atoms with Crippen molar-refractivity contribution in [2.24, 2.45) is 0 Å². The standard InChI is InChI=1S/C10H9BrN4/c1-6-3-2-4-8(14-6)10-13-5-7(11)9(12)15-10/h2-5H,1H3,(H2,12,13,15). The van der Waals surface area contributed by atoms with E-state index in [2.05, 4.69) is 30.9 Å². The smallest absolute Gasteiger partial charge is 0.180 e. The van der Waals surface area contributed by atoms with Crippen molar-refractivity contribution in [1.29, 1.82) is 0 Å². The number of rotatable bonds is 1. The summed E-state index contributed by atoms with van der Waals surface area (Å²) in [7, 11) is 0. The average Bonchev–Trinajstić information content (AvgIpc) is 2.22. The molecular weight excluding hydrogens is 256 g/mol. The van der Waals surface area contributed by atoms with Gasteiger partial charge in [0.1, 0.15) is 11.5 Å². The predicted octanol–water partition coefficient (Wildman–Crippen LogP) is 2.19. The minimum atomic E-state index is 0.420. The van der Waals surface area contributed by atoms with E-state index in [0.29, 0.717) is 16.1 Å². The van der Waals surface area contributed by atoms with Crippen molar-refractivity contribution >= 4 is 21.7 Å². The summed E-state index contributed by atoms with van der Waals surface area (Å²) in [6.45, 7) is 1.92. The number of nitrogens with two attached hydrogens (primary N) is 1. The Hall–Kier alpha value is -1.49. The molecule has 0 radical (unpaired) electrons. The van der Waals surface area contributed by atoms with E-state index in [0.717, 1.165) is 11.4 Å². The van der Waals surface area contributed by atoms with Gasteiger partial charge >= 0.3 is 0 Å². The van der Waals surface area contributed by atoms with Crippen LogP contribution in [-0.4, -0.2) is 15.0 Å². The van der Waals surface area contributed by atoms with E-state index >= 15 is 0 Å². The monoisotopic (exact) mass is 264 g/mol. The zero-order valence-electron chi connectivity index (χ0n) is 8.11. The maximum absolute atomic E-state index is 5.67. The molecule has 0 aliphatic rings. The molecule has 0 amide bonds. The largest absolute Gasteiger partial charge is 0.383 e. The molecule has 0 aliphatic heterocycles. The maximum atomic E-state index is 5.67. The van der Waals surface area contributed by atoms with Crippen molar-refractivity contribution in [3.8, 4) is 11.5 Å². The lowest BCUT2D eigenvalue weighted by Gasteiger charge is -2.02. The lowest BCUT2D eigenvalue weighted by molar-refractivity contribution is 1.11. The Bertz CT molecular complexity index is 499. The summed E-state index contributed by atoms with van der Waals surface area (Å²) in [5.74, 6) is 0.961. The molecule has 2 rings (SSSR count). The van der Waals surface area contributed by atoms with Crippen LogP contribution in [0.2, 0.25) is 0 Å². The summed E-state index contributed by atoms with van der Waals surface area (Å²) in [5, 5.41) is 0. The highest BCUT2D eigenvalue weighted by atomic mass is 79.9. The van der Waals surface area contributed by atoms with Crippen molar-refractivity contribution in [3.05, 3.63) is 34.6 Å². The highest BCUT2D eigenvalue weighted by Gasteiger charge is 2.05. The average molecular weight is 265 g/mol. The van der Waals surface area contributed by atoms with Gasteiger partial charge in [0, 0.05) is 11.9 Å². The van der Waals surface area contributed by atoms with E-state index in [1.807, 2.05) is 25.1 Å². The molecule has 2 aromatic heterocycles. The van der Waals surface area contributed by atoms with Crippen LogP contribution < -0.4 is 5.73 Å². The lowest BCUT2D eigenvalue weighted by Crippen LogP contribution is -1.98. The first kappa shape index (κ1) is 10.0. The fourth-order valence-electron chi connectivity index (χ4n) is 1.17. The molecule has 2 aromatic rings. The van der Waals surface area contributed by atoms with Gasteiger partial charge in [-0.05, 0) is 35.0 Å². The number of hydrogen-bond donors (Lipinski definition) is 1. The van der Waals surface area contributed by atoms with E-state index in [1.165, 1.54) is 0 Å². The zero-order valence-corrected chi connectivity index (χ0v) is 9.69. The highest BCUT2D eigenvalue weighted by Crippen LogP contribution is 2.19. The van der Waals surface area contributed by atoms with Crippen LogP contribution in [0.3, 0.4) is 0 Å². The van der Waals surface area contributed by atoms with Crippen LogP contribution in [0.25, 0.3) is 11.5 Å². The highest BCUT2D eigenvalue weighted by molar-refractivity contribution is 9.10. The maximum Gasteiger partial charge on any atom is 0.180 e. The molecule has 2 N–H and O–H groups in total. The van der Waals surface area contributed by atoms with E-state index in [1.54, 1.807) is 6.20 Å². The molecule has 0 spiro atoms. The van der Waals surface area contributed by atoms with Crippen LogP contribution in [0.5, 0.6) is 0 Å². The van der Waals surface area contributed by atoms with Crippen LogP contribution >= 0.6 is 15.9 Å². The second-order valence-electron chi connectivity index (χ2n) is 3.09. The third kappa shape index (κ3) is 2.12. The number of nitrogen functional groups attached to an aromatic ring is 1. The summed E-state index contributed by atoms with van der Waals surface area (Å²) in [6, 6.07) is 5.70. The van der Waals surface area contributed by atoms with Crippen molar-refractivity contribution in [3.63, 3.8) is 0 Å². The van der Waals surface area contributed by atoms with Crippen molar-refractivity contribution in [2.75, 3.05) is 5.73 Å². The third-order valence-electron chi connectivity index (χ3n) is 1.89. The Morgan fingerprint density at radius 2 is 2.07 bits per heavy atom. The van der Waals surface area contributed by atoms with Crippen LogP contribution in [-0.2, 0) is 0 Å². The summed E-state index contributed by atoms with van der Waals surface area (Å²) < 4.78 is 0.693. The minimum Gasteiger partial charge on any atom is -0.383 e. The quantitative estimate of drug-likeness (QED) is 0.858. The van der Waals surface area contributed by atoms with Crippen molar-refractivity contribution in [2.45, 2.75) is 6.92 Å². The Kier molecular flexibility index (Phi) is 2.64. The molecule has 15 heavy (non-hydrogen) atoms. The molecule has 0 atom stereocenters. The molecule has 76 valence electrons. The number of aromatic nitrogens is 3. The molecule has 0 unspecified atom stereocenters. The lowest BCUT2D eigenvalue weighted by atomic mass is 10.3. The third-order valence-corrected chi connectivity index (χ3v) is 2.50. The molecule has 0 saturated carbocycles. The summed E-state index contributed by atoms with van der Waals surface area (Å²) in [4.78, 5) is 12.6. The number of hydrogen-bond acceptors (Lipinski definition) is 4. The van der Waals surface area contributed by atoms with E-state index in [9.17, 15) is 0 Å². The predicted molar refractivity (Wildman–Crippen MR) is 62.1 cm³/mol. The number of halogens is 1. The van der Waals surface area contributed by atoms with Crippen molar-refractivity contribution < 1.29 is 0 Å². The van der Waals surface area contributed by atoms with Crippen LogP contribution in [0.1, 0.15) is 5.69 Å². The number of nitrogens with zero attached hydrogens (tertiary/aromatic N) is 3. The molecule has 0 aliphatic carbocycles. The van der Waals surface area contributed by atoms with Gasteiger partial charge in [0.2, 0.25) is 0 Å². The summed E-state index contributed by atoms with van der Waals surface area (Å²) >= 11 is 3.25. The summed E-state index contributed by atoms with van der Waals surface area (Å²) in [6.07, 6.45) is 1.63.